The Kier molecular flexibility index (Phi) is 7.55. The number of ether oxygens (including phenoxy) is 2. The van der Waals surface area contributed by atoms with Gasteiger partial charge in [0.1, 0.15) is 13.2 Å². The number of para-hydroxylation sites is 1. The molecule has 5 nitrogen and oxygen atoms in total. The number of amides is 1. The molecule has 30 heavy (non-hydrogen) atoms. The van der Waals surface area contributed by atoms with Crippen molar-refractivity contribution in [1.82, 2.24) is 5.32 Å². The van der Waals surface area contributed by atoms with Crippen LogP contribution in [0.1, 0.15) is 28.4 Å². The van der Waals surface area contributed by atoms with Gasteiger partial charge < -0.3 is 14.8 Å². The predicted molar refractivity (Wildman–Crippen MR) is 111 cm³/mol. The van der Waals surface area contributed by atoms with Gasteiger partial charge in [0.05, 0.1) is 12.5 Å². The first-order valence-electron chi connectivity index (χ1n) is 9.57. The first-order valence-corrected chi connectivity index (χ1v) is 9.57. The summed E-state index contributed by atoms with van der Waals surface area (Å²) in [5, 5.41) is 2.88. The number of nitrogens with one attached hydrogen (secondary N) is 1. The molecular weight excluding hydrogens is 385 g/mol. The first-order chi connectivity index (χ1) is 14.6. The monoisotopic (exact) mass is 407 g/mol. The fourth-order valence-corrected chi connectivity index (χ4v) is 2.86. The van der Waals surface area contributed by atoms with Gasteiger partial charge >= 0.3 is 5.97 Å². The van der Waals surface area contributed by atoms with Gasteiger partial charge in [0, 0.05) is 5.56 Å². The minimum Gasteiger partial charge on any atom is -0.487 e. The molecule has 1 unspecified atom stereocenters. The SMILES string of the molecule is O=C(CC(NC(=O)c1ccccc1)c1ccccc1)OCCOc1ccccc1F. The van der Waals surface area contributed by atoms with E-state index in [9.17, 15) is 14.0 Å². The number of hydrogen-bond donors (Lipinski definition) is 1. The molecule has 0 fully saturated rings. The minimum atomic E-state index is -0.543. The van der Waals surface area contributed by atoms with Crippen LogP contribution in [0.2, 0.25) is 0 Å². The quantitative estimate of drug-likeness (QED) is 0.424. The molecular formula is C24H22FNO4. The number of halogens is 1. The molecule has 0 aliphatic heterocycles. The third-order valence-electron chi connectivity index (χ3n) is 4.35. The Morgan fingerprint density at radius 1 is 0.833 bits per heavy atom. The summed E-state index contributed by atoms with van der Waals surface area (Å²) in [6.45, 7) is 0.000358. The zero-order valence-electron chi connectivity index (χ0n) is 16.3. The van der Waals surface area contributed by atoms with Crippen LogP contribution in [0.25, 0.3) is 0 Å². The maximum absolute atomic E-state index is 13.5. The maximum Gasteiger partial charge on any atom is 0.308 e. The Hall–Kier alpha value is -3.67. The number of benzene rings is 3. The lowest BCUT2D eigenvalue weighted by Crippen LogP contribution is -2.30. The van der Waals surface area contributed by atoms with Crippen molar-refractivity contribution in [1.29, 1.82) is 0 Å². The van der Waals surface area contributed by atoms with Crippen LogP contribution in [0.4, 0.5) is 4.39 Å². The lowest BCUT2D eigenvalue weighted by molar-refractivity contribution is -0.144. The molecule has 3 aromatic carbocycles. The van der Waals surface area contributed by atoms with Crippen LogP contribution in [0.15, 0.2) is 84.9 Å². The molecule has 0 heterocycles. The van der Waals surface area contributed by atoms with Crippen LogP contribution in [0.5, 0.6) is 5.75 Å². The Morgan fingerprint density at radius 2 is 1.47 bits per heavy atom. The second-order valence-corrected chi connectivity index (χ2v) is 6.51. The van der Waals surface area contributed by atoms with Gasteiger partial charge in [-0.25, -0.2) is 4.39 Å². The summed E-state index contributed by atoms with van der Waals surface area (Å²) in [5.74, 6) is -1.14. The Labute approximate surface area is 174 Å². The van der Waals surface area contributed by atoms with E-state index in [1.54, 1.807) is 36.4 Å². The van der Waals surface area contributed by atoms with E-state index >= 15 is 0 Å². The summed E-state index contributed by atoms with van der Waals surface area (Å²) in [6, 6.07) is 23.5. The molecule has 154 valence electrons. The number of esters is 1. The maximum atomic E-state index is 13.5. The van der Waals surface area contributed by atoms with E-state index in [0.717, 1.165) is 5.56 Å². The van der Waals surface area contributed by atoms with Gasteiger partial charge in [-0.1, -0.05) is 60.7 Å². The Morgan fingerprint density at radius 3 is 2.17 bits per heavy atom. The first kappa shape index (κ1) is 21.0. The van der Waals surface area contributed by atoms with Gasteiger partial charge in [-0.2, -0.15) is 0 Å². The molecule has 6 heteroatoms. The fraction of sp³-hybridized carbons (Fsp3) is 0.167. The van der Waals surface area contributed by atoms with E-state index in [2.05, 4.69) is 5.32 Å². The molecule has 0 aliphatic carbocycles. The molecule has 3 rings (SSSR count). The molecule has 0 saturated carbocycles. The van der Waals surface area contributed by atoms with Gasteiger partial charge in [-0.3, -0.25) is 9.59 Å². The standard InChI is InChI=1S/C24H22FNO4/c25-20-13-7-8-14-22(20)29-15-16-30-23(27)17-21(18-9-3-1-4-10-18)26-24(28)19-11-5-2-6-12-19/h1-14,21H,15-17H2,(H,26,28). The minimum absolute atomic E-state index is 0.0265. The van der Waals surface area contributed by atoms with Gasteiger partial charge in [0.2, 0.25) is 0 Å². The third-order valence-corrected chi connectivity index (χ3v) is 4.35. The van der Waals surface area contributed by atoms with Crippen LogP contribution in [-0.2, 0) is 9.53 Å². The van der Waals surface area contributed by atoms with E-state index in [1.807, 2.05) is 36.4 Å². The summed E-state index contributed by atoms with van der Waals surface area (Å²) in [4.78, 5) is 24.9. The molecule has 0 aromatic heterocycles. The van der Waals surface area contributed by atoms with Gasteiger partial charge in [0.15, 0.2) is 11.6 Å². The highest BCUT2D eigenvalue weighted by Gasteiger charge is 2.20. The van der Waals surface area contributed by atoms with Crippen molar-refractivity contribution in [3.8, 4) is 5.75 Å². The lowest BCUT2D eigenvalue weighted by atomic mass is 10.0. The van der Waals surface area contributed by atoms with Crippen LogP contribution < -0.4 is 10.1 Å². The van der Waals surface area contributed by atoms with Crippen molar-refractivity contribution in [3.63, 3.8) is 0 Å². The van der Waals surface area contributed by atoms with Crippen molar-refractivity contribution in [2.75, 3.05) is 13.2 Å². The van der Waals surface area contributed by atoms with Gasteiger partial charge in [-0.05, 0) is 29.8 Å². The molecule has 0 bridgehead atoms. The average Bonchev–Trinajstić information content (AvgIpc) is 2.78. The van der Waals surface area contributed by atoms with Crippen molar-refractivity contribution in [2.24, 2.45) is 0 Å². The van der Waals surface area contributed by atoms with E-state index in [0.29, 0.717) is 5.56 Å². The molecule has 0 radical (unpaired) electrons. The van der Waals surface area contributed by atoms with Crippen LogP contribution >= 0.6 is 0 Å². The topological polar surface area (TPSA) is 64.6 Å². The third kappa shape index (κ3) is 6.17. The highest BCUT2D eigenvalue weighted by molar-refractivity contribution is 5.94. The smallest absolute Gasteiger partial charge is 0.308 e. The Balaban J connectivity index is 1.55. The molecule has 1 atom stereocenters. The largest absolute Gasteiger partial charge is 0.487 e. The molecule has 1 amide bonds. The second kappa shape index (κ2) is 10.8. The van der Waals surface area contributed by atoms with Crippen LogP contribution in [0, 0.1) is 5.82 Å². The van der Waals surface area contributed by atoms with Gasteiger partial charge in [0.25, 0.3) is 5.91 Å². The normalized spacial score (nSPS) is 11.4. The Bertz CT molecular complexity index is 963. The number of rotatable bonds is 9. The van der Waals surface area contributed by atoms with E-state index in [1.165, 1.54) is 12.1 Å². The molecule has 1 N–H and O–H groups in total. The van der Waals surface area contributed by atoms with Gasteiger partial charge in [-0.15, -0.1) is 0 Å². The summed E-state index contributed by atoms with van der Waals surface area (Å²) >= 11 is 0. The fourth-order valence-electron chi connectivity index (χ4n) is 2.86. The summed E-state index contributed by atoms with van der Waals surface area (Å²) in [7, 11) is 0. The predicted octanol–water partition coefficient (Wildman–Crippen LogP) is 4.31. The second-order valence-electron chi connectivity index (χ2n) is 6.51. The van der Waals surface area contributed by atoms with Crippen molar-refractivity contribution in [3.05, 3.63) is 102 Å². The van der Waals surface area contributed by atoms with E-state index in [4.69, 9.17) is 9.47 Å². The number of carbonyl (C=O) groups excluding carboxylic acids is 2. The summed E-state index contributed by atoms with van der Waals surface area (Å²) in [5.41, 5.74) is 1.30. The average molecular weight is 407 g/mol. The summed E-state index contributed by atoms with van der Waals surface area (Å²) < 4.78 is 24.0. The molecule has 3 aromatic rings. The lowest BCUT2D eigenvalue weighted by Gasteiger charge is -2.19. The highest BCUT2D eigenvalue weighted by atomic mass is 19.1. The van der Waals surface area contributed by atoms with Crippen molar-refractivity contribution < 1.29 is 23.5 Å². The summed E-state index contributed by atoms with van der Waals surface area (Å²) in [6.07, 6.45) is -0.0394. The zero-order chi connectivity index (χ0) is 21.2. The number of carbonyl (C=O) groups is 2. The zero-order valence-corrected chi connectivity index (χ0v) is 16.3. The molecule has 0 saturated heterocycles. The van der Waals surface area contributed by atoms with Crippen LogP contribution in [-0.4, -0.2) is 25.1 Å². The highest BCUT2D eigenvalue weighted by Crippen LogP contribution is 2.19. The van der Waals surface area contributed by atoms with Crippen LogP contribution in [0.3, 0.4) is 0 Å². The molecule has 0 spiro atoms. The molecule has 0 aliphatic rings. The number of hydrogen-bond acceptors (Lipinski definition) is 4. The van der Waals surface area contributed by atoms with E-state index in [-0.39, 0.29) is 31.3 Å². The van der Waals surface area contributed by atoms with Crippen molar-refractivity contribution >= 4 is 11.9 Å². The van der Waals surface area contributed by atoms with E-state index < -0.39 is 17.8 Å². The van der Waals surface area contributed by atoms with Crippen molar-refractivity contribution in [2.45, 2.75) is 12.5 Å².